The number of oxime groups is 1. The maximum absolute atomic E-state index is 10.0. The fraction of sp³-hybridized carbons (Fsp3) is 0.222. The molecule has 5 heteroatoms. The maximum Gasteiger partial charge on any atom is 0.127 e. The number of hydrogen-bond acceptors (Lipinski definition) is 5. The summed E-state index contributed by atoms with van der Waals surface area (Å²) in [7, 11) is 1.56. The van der Waals surface area contributed by atoms with E-state index in [0.717, 1.165) is 0 Å². The molecule has 0 aliphatic carbocycles. The van der Waals surface area contributed by atoms with Crippen LogP contribution in [-0.4, -0.2) is 24.6 Å². The highest BCUT2D eigenvalue weighted by Gasteiger charge is 2.04. The third-order valence-corrected chi connectivity index (χ3v) is 1.76. The van der Waals surface area contributed by atoms with E-state index in [4.69, 9.17) is 9.94 Å². The Balaban J connectivity index is 2.89. The molecule has 0 spiro atoms. The molecule has 0 radical (unpaired) electrons. The largest absolute Gasteiger partial charge is 0.497 e. The first kappa shape index (κ1) is 10.2. The summed E-state index contributed by atoms with van der Waals surface area (Å²) in [6.45, 7) is -0.150. The number of ether oxygens (including phenoxy) is 1. The van der Waals surface area contributed by atoms with Gasteiger partial charge in [-0.1, -0.05) is 10.3 Å². The Hall–Kier alpha value is -1.91. The van der Waals surface area contributed by atoms with Crippen LogP contribution in [0.2, 0.25) is 0 Å². The minimum atomic E-state index is -0.150. The Bertz CT molecular complexity index is 332. The van der Waals surface area contributed by atoms with Gasteiger partial charge in [0, 0.05) is 5.56 Å². The van der Waals surface area contributed by atoms with Crippen LogP contribution in [0.15, 0.2) is 34.6 Å². The molecule has 0 atom stereocenters. The molecule has 1 aromatic carbocycles. The molecule has 0 saturated heterocycles. The molecule has 0 bridgehead atoms. The van der Waals surface area contributed by atoms with Crippen molar-refractivity contribution in [3.8, 4) is 5.75 Å². The van der Waals surface area contributed by atoms with Crippen molar-refractivity contribution >= 4 is 5.71 Å². The highest BCUT2D eigenvalue weighted by molar-refractivity contribution is 6.01. The van der Waals surface area contributed by atoms with Crippen LogP contribution >= 0.6 is 0 Å². The number of nitroso groups, excluding NO2 is 1. The Kier molecular flexibility index (Phi) is 3.60. The smallest absolute Gasteiger partial charge is 0.127 e. The zero-order chi connectivity index (χ0) is 10.4. The minimum absolute atomic E-state index is 0.150. The van der Waals surface area contributed by atoms with Crippen molar-refractivity contribution in [2.45, 2.75) is 0 Å². The molecule has 1 aromatic rings. The van der Waals surface area contributed by atoms with Gasteiger partial charge in [0.15, 0.2) is 0 Å². The molecule has 1 rings (SSSR count). The maximum atomic E-state index is 10.0. The standard InChI is InChI=1S/C9H10N2O3/c1-14-8-4-2-7(3-5-8)9(11-13)6-10-12/h2-5,13H,6H2,1H3/b11-9+. The molecule has 0 aromatic heterocycles. The van der Waals surface area contributed by atoms with E-state index in [-0.39, 0.29) is 12.3 Å². The number of nitrogens with zero attached hydrogens (tertiary/aromatic N) is 2. The molecule has 0 aliphatic heterocycles. The second-order valence-electron chi connectivity index (χ2n) is 2.56. The fourth-order valence-electron chi connectivity index (χ4n) is 1.03. The van der Waals surface area contributed by atoms with E-state index in [1.807, 2.05) is 0 Å². The van der Waals surface area contributed by atoms with Crippen LogP contribution in [0.5, 0.6) is 5.75 Å². The average molecular weight is 194 g/mol. The van der Waals surface area contributed by atoms with Crippen molar-refractivity contribution in [1.82, 2.24) is 0 Å². The Morgan fingerprint density at radius 3 is 2.50 bits per heavy atom. The van der Waals surface area contributed by atoms with Crippen molar-refractivity contribution in [2.75, 3.05) is 13.7 Å². The van der Waals surface area contributed by atoms with Crippen LogP contribution in [0.3, 0.4) is 0 Å². The van der Waals surface area contributed by atoms with E-state index in [2.05, 4.69) is 10.3 Å². The molecule has 0 aliphatic rings. The zero-order valence-electron chi connectivity index (χ0n) is 7.67. The monoisotopic (exact) mass is 194 g/mol. The van der Waals surface area contributed by atoms with Crippen LogP contribution in [0.1, 0.15) is 5.56 Å². The second-order valence-corrected chi connectivity index (χ2v) is 2.56. The Morgan fingerprint density at radius 1 is 1.43 bits per heavy atom. The zero-order valence-corrected chi connectivity index (χ0v) is 7.67. The highest BCUT2D eigenvalue weighted by atomic mass is 16.5. The van der Waals surface area contributed by atoms with E-state index in [9.17, 15) is 4.91 Å². The summed E-state index contributed by atoms with van der Waals surface area (Å²) in [5.41, 5.74) is 0.885. The van der Waals surface area contributed by atoms with Crippen LogP contribution in [0.4, 0.5) is 0 Å². The highest BCUT2D eigenvalue weighted by Crippen LogP contribution is 2.12. The number of hydrogen-bond donors (Lipinski definition) is 1. The van der Waals surface area contributed by atoms with Crippen LogP contribution in [-0.2, 0) is 0 Å². The van der Waals surface area contributed by atoms with Gasteiger partial charge in [-0.3, -0.25) is 0 Å². The lowest BCUT2D eigenvalue weighted by molar-refractivity contribution is 0.318. The van der Waals surface area contributed by atoms with Gasteiger partial charge in [0.2, 0.25) is 0 Å². The predicted molar refractivity (Wildman–Crippen MR) is 52.0 cm³/mol. The quantitative estimate of drug-likeness (QED) is 0.343. The lowest BCUT2D eigenvalue weighted by atomic mass is 10.1. The van der Waals surface area contributed by atoms with Gasteiger partial charge in [-0.05, 0) is 24.3 Å². The summed E-state index contributed by atoms with van der Waals surface area (Å²) in [4.78, 5) is 10.0. The summed E-state index contributed by atoms with van der Waals surface area (Å²) in [6.07, 6.45) is 0. The summed E-state index contributed by atoms with van der Waals surface area (Å²) < 4.78 is 4.95. The molecule has 0 unspecified atom stereocenters. The molecule has 0 amide bonds. The first-order valence-electron chi connectivity index (χ1n) is 3.96. The van der Waals surface area contributed by atoms with Gasteiger partial charge >= 0.3 is 0 Å². The molecule has 14 heavy (non-hydrogen) atoms. The van der Waals surface area contributed by atoms with Gasteiger partial charge in [-0.25, -0.2) is 0 Å². The summed E-state index contributed by atoms with van der Waals surface area (Å²) >= 11 is 0. The Morgan fingerprint density at radius 2 is 2.07 bits per heavy atom. The van der Waals surface area contributed by atoms with Crippen molar-refractivity contribution in [1.29, 1.82) is 0 Å². The molecular formula is C9H10N2O3. The fourth-order valence-corrected chi connectivity index (χ4v) is 1.03. The first-order valence-corrected chi connectivity index (χ1v) is 3.96. The summed E-state index contributed by atoms with van der Waals surface area (Å²) in [6, 6.07) is 6.81. The lowest BCUT2D eigenvalue weighted by Crippen LogP contribution is -2.04. The second kappa shape index (κ2) is 4.96. The average Bonchev–Trinajstić information content (AvgIpc) is 2.26. The van der Waals surface area contributed by atoms with E-state index in [1.54, 1.807) is 31.4 Å². The molecule has 1 N–H and O–H groups in total. The van der Waals surface area contributed by atoms with E-state index < -0.39 is 0 Å². The van der Waals surface area contributed by atoms with Crippen LogP contribution < -0.4 is 4.74 Å². The van der Waals surface area contributed by atoms with Gasteiger partial charge in [-0.2, -0.15) is 4.91 Å². The summed E-state index contributed by atoms with van der Waals surface area (Å²) in [5, 5.41) is 14.2. The molecule has 0 heterocycles. The third kappa shape index (κ3) is 2.29. The molecule has 0 fully saturated rings. The Labute approximate surface area is 81.0 Å². The minimum Gasteiger partial charge on any atom is -0.497 e. The van der Waals surface area contributed by atoms with E-state index in [0.29, 0.717) is 11.3 Å². The SMILES string of the molecule is COc1ccc(/C(CN=O)=N/O)cc1. The van der Waals surface area contributed by atoms with Crippen molar-refractivity contribution in [3.05, 3.63) is 34.7 Å². The number of methoxy groups -OCH3 is 1. The number of rotatable bonds is 4. The molecular weight excluding hydrogens is 184 g/mol. The molecule has 0 saturated carbocycles. The number of benzene rings is 1. The van der Waals surface area contributed by atoms with Gasteiger partial charge in [-0.15, -0.1) is 0 Å². The van der Waals surface area contributed by atoms with E-state index in [1.165, 1.54) is 0 Å². The van der Waals surface area contributed by atoms with Crippen molar-refractivity contribution < 1.29 is 9.94 Å². The lowest BCUT2D eigenvalue weighted by Gasteiger charge is -2.02. The van der Waals surface area contributed by atoms with E-state index >= 15 is 0 Å². The predicted octanol–water partition coefficient (Wildman–Crippen LogP) is 1.64. The van der Waals surface area contributed by atoms with Gasteiger partial charge in [0.25, 0.3) is 0 Å². The van der Waals surface area contributed by atoms with Crippen molar-refractivity contribution in [2.24, 2.45) is 10.3 Å². The molecule has 5 nitrogen and oxygen atoms in total. The molecule has 74 valence electrons. The first-order chi connectivity index (χ1) is 6.81. The van der Waals surface area contributed by atoms with Gasteiger partial charge < -0.3 is 9.94 Å². The van der Waals surface area contributed by atoms with Crippen LogP contribution in [0, 0.1) is 4.91 Å². The van der Waals surface area contributed by atoms with Crippen molar-refractivity contribution in [3.63, 3.8) is 0 Å². The van der Waals surface area contributed by atoms with Gasteiger partial charge in [0.1, 0.15) is 18.0 Å². The topological polar surface area (TPSA) is 71.2 Å². The normalized spacial score (nSPS) is 11.1. The van der Waals surface area contributed by atoms with Gasteiger partial charge in [0.05, 0.1) is 7.11 Å². The third-order valence-electron chi connectivity index (χ3n) is 1.76. The van der Waals surface area contributed by atoms with Crippen LogP contribution in [0.25, 0.3) is 0 Å². The summed E-state index contributed by atoms with van der Waals surface area (Å²) in [5.74, 6) is 0.699.